The van der Waals surface area contributed by atoms with E-state index in [0.29, 0.717) is 24.7 Å². The Balaban J connectivity index is 3.00. The number of hydrogen-bond donors (Lipinski definition) is 0. The van der Waals surface area contributed by atoms with Gasteiger partial charge >= 0.3 is 0 Å². The summed E-state index contributed by atoms with van der Waals surface area (Å²) in [6, 6.07) is 5.35. The SMILES string of the molecule is CCCOc1ccc(C=C(C)[N+](=O)[O-])cc1OCCC. The van der Waals surface area contributed by atoms with E-state index in [0.717, 1.165) is 18.4 Å². The van der Waals surface area contributed by atoms with Crippen LogP contribution in [0.3, 0.4) is 0 Å². The lowest BCUT2D eigenvalue weighted by Crippen LogP contribution is -2.01. The summed E-state index contributed by atoms with van der Waals surface area (Å²) in [5, 5.41) is 10.7. The molecule has 0 N–H and O–H groups in total. The molecule has 0 aliphatic rings. The molecule has 0 amide bonds. The summed E-state index contributed by atoms with van der Waals surface area (Å²) in [6.07, 6.45) is 3.32. The smallest absolute Gasteiger partial charge is 0.243 e. The van der Waals surface area contributed by atoms with E-state index in [9.17, 15) is 10.1 Å². The maximum absolute atomic E-state index is 10.7. The van der Waals surface area contributed by atoms with Crippen LogP contribution in [0.1, 0.15) is 39.2 Å². The lowest BCUT2D eigenvalue weighted by Gasteiger charge is -2.12. The largest absolute Gasteiger partial charge is 0.490 e. The van der Waals surface area contributed by atoms with Crippen molar-refractivity contribution in [3.63, 3.8) is 0 Å². The Morgan fingerprint density at radius 2 is 1.80 bits per heavy atom. The maximum atomic E-state index is 10.7. The summed E-state index contributed by atoms with van der Waals surface area (Å²) in [5.41, 5.74) is 0.822. The molecular weight excluding hydrogens is 258 g/mol. The van der Waals surface area contributed by atoms with Gasteiger partial charge in [0.15, 0.2) is 11.5 Å². The van der Waals surface area contributed by atoms with Gasteiger partial charge in [0.2, 0.25) is 5.70 Å². The summed E-state index contributed by atoms with van der Waals surface area (Å²) in [5.74, 6) is 1.31. The molecule has 0 aliphatic heterocycles. The average Bonchev–Trinajstić information content (AvgIpc) is 2.43. The zero-order valence-corrected chi connectivity index (χ0v) is 12.2. The van der Waals surface area contributed by atoms with Crippen LogP contribution in [0.25, 0.3) is 6.08 Å². The van der Waals surface area contributed by atoms with E-state index in [4.69, 9.17) is 9.47 Å². The van der Waals surface area contributed by atoms with Gasteiger partial charge in [-0.05, 0) is 30.5 Å². The third kappa shape index (κ3) is 4.91. The van der Waals surface area contributed by atoms with E-state index >= 15 is 0 Å². The van der Waals surface area contributed by atoms with Crippen LogP contribution in [0.15, 0.2) is 23.9 Å². The second-order valence-electron chi connectivity index (χ2n) is 4.45. The van der Waals surface area contributed by atoms with Crippen molar-refractivity contribution in [3.05, 3.63) is 39.6 Å². The number of hydrogen-bond acceptors (Lipinski definition) is 4. The first kappa shape index (κ1) is 16.0. The number of ether oxygens (including phenoxy) is 2. The Labute approximate surface area is 119 Å². The van der Waals surface area contributed by atoms with Crippen LogP contribution in [0.5, 0.6) is 11.5 Å². The van der Waals surface area contributed by atoms with Crippen LogP contribution in [-0.4, -0.2) is 18.1 Å². The van der Waals surface area contributed by atoms with Crippen molar-refractivity contribution in [1.29, 1.82) is 0 Å². The van der Waals surface area contributed by atoms with Crippen molar-refractivity contribution < 1.29 is 14.4 Å². The molecule has 0 atom stereocenters. The first-order chi connectivity index (χ1) is 9.58. The first-order valence-electron chi connectivity index (χ1n) is 6.80. The Morgan fingerprint density at radius 1 is 1.20 bits per heavy atom. The van der Waals surface area contributed by atoms with E-state index in [1.807, 2.05) is 13.8 Å². The minimum atomic E-state index is -0.409. The predicted molar refractivity (Wildman–Crippen MR) is 78.7 cm³/mol. The first-order valence-corrected chi connectivity index (χ1v) is 6.80. The highest BCUT2D eigenvalue weighted by molar-refractivity contribution is 5.56. The zero-order chi connectivity index (χ0) is 15.0. The quantitative estimate of drug-likeness (QED) is 0.535. The highest BCUT2D eigenvalue weighted by Crippen LogP contribution is 2.29. The van der Waals surface area contributed by atoms with E-state index in [-0.39, 0.29) is 5.70 Å². The highest BCUT2D eigenvalue weighted by atomic mass is 16.6. The van der Waals surface area contributed by atoms with Crippen molar-refractivity contribution in [2.45, 2.75) is 33.6 Å². The number of nitro groups is 1. The fraction of sp³-hybridized carbons (Fsp3) is 0.467. The summed E-state index contributed by atoms with van der Waals surface area (Å²) in [7, 11) is 0. The predicted octanol–water partition coefficient (Wildman–Crippen LogP) is 3.90. The molecule has 5 nitrogen and oxygen atoms in total. The number of benzene rings is 1. The molecule has 0 fully saturated rings. The molecule has 0 aliphatic carbocycles. The van der Waals surface area contributed by atoms with Gasteiger partial charge in [0.05, 0.1) is 18.1 Å². The van der Waals surface area contributed by atoms with Crippen molar-refractivity contribution in [1.82, 2.24) is 0 Å². The Kier molecular flexibility index (Phi) is 6.56. The maximum Gasteiger partial charge on any atom is 0.243 e. The molecule has 0 heterocycles. The molecule has 1 rings (SSSR count). The van der Waals surface area contributed by atoms with Gasteiger partial charge in [0.1, 0.15) is 0 Å². The number of allylic oxidation sites excluding steroid dienone is 1. The third-order valence-corrected chi connectivity index (χ3v) is 2.55. The summed E-state index contributed by atoms with van der Waals surface area (Å²) < 4.78 is 11.3. The molecule has 0 bridgehead atoms. The standard InChI is InChI=1S/C15H21NO4/c1-4-8-19-14-7-6-13(10-12(3)16(17)18)11-15(14)20-9-5-2/h6-7,10-11H,4-5,8-9H2,1-3H3. The van der Waals surface area contributed by atoms with Crippen LogP contribution in [0, 0.1) is 10.1 Å². The van der Waals surface area contributed by atoms with Crippen LogP contribution < -0.4 is 9.47 Å². The third-order valence-electron chi connectivity index (χ3n) is 2.55. The van der Waals surface area contributed by atoms with E-state index in [2.05, 4.69) is 0 Å². The molecular formula is C15H21NO4. The average molecular weight is 279 g/mol. The molecule has 0 unspecified atom stereocenters. The second-order valence-corrected chi connectivity index (χ2v) is 4.45. The van der Waals surface area contributed by atoms with Crippen LogP contribution >= 0.6 is 0 Å². The molecule has 20 heavy (non-hydrogen) atoms. The Bertz CT molecular complexity index is 483. The number of rotatable bonds is 8. The molecule has 110 valence electrons. The zero-order valence-electron chi connectivity index (χ0n) is 12.2. The van der Waals surface area contributed by atoms with Crippen molar-refractivity contribution in [3.8, 4) is 11.5 Å². The Hall–Kier alpha value is -2.04. The van der Waals surface area contributed by atoms with Crippen molar-refractivity contribution in [2.75, 3.05) is 13.2 Å². The van der Waals surface area contributed by atoms with E-state index < -0.39 is 4.92 Å². The Morgan fingerprint density at radius 3 is 2.35 bits per heavy atom. The van der Waals surface area contributed by atoms with Gasteiger partial charge in [0.25, 0.3) is 0 Å². The fourth-order valence-electron chi connectivity index (χ4n) is 1.56. The summed E-state index contributed by atoms with van der Waals surface area (Å²) >= 11 is 0. The van der Waals surface area contributed by atoms with Gasteiger partial charge in [-0.1, -0.05) is 19.9 Å². The molecule has 1 aromatic carbocycles. The molecule has 0 spiro atoms. The minimum absolute atomic E-state index is 0.0914. The molecule has 0 aromatic heterocycles. The van der Waals surface area contributed by atoms with Crippen molar-refractivity contribution >= 4 is 6.08 Å². The number of nitrogens with zero attached hydrogens (tertiary/aromatic N) is 1. The topological polar surface area (TPSA) is 61.6 Å². The van der Waals surface area contributed by atoms with Gasteiger partial charge in [0, 0.05) is 13.0 Å². The van der Waals surface area contributed by atoms with E-state index in [1.165, 1.54) is 13.0 Å². The van der Waals surface area contributed by atoms with Crippen LogP contribution in [0.4, 0.5) is 0 Å². The van der Waals surface area contributed by atoms with Crippen molar-refractivity contribution in [2.24, 2.45) is 0 Å². The minimum Gasteiger partial charge on any atom is -0.490 e. The fourth-order valence-corrected chi connectivity index (χ4v) is 1.56. The normalized spacial score (nSPS) is 11.2. The van der Waals surface area contributed by atoms with Crippen LogP contribution in [-0.2, 0) is 0 Å². The molecule has 1 aromatic rings. The van der Waals surface area contributed by atoms with Gasteiger partial charge < -0.3 is 9.47 Å². The monoisotopic (exact) mass is 279 g/mol. The molecule has 0 saturated carbocycles. The van der Waals surface area contributed by atoms with Gasteiger partial charge in [-0.25, -0.2) is 0 Å². The molecule has 5 heteroatoms. The highest BCUT2D eigenvalue weighted by Gasteiger charge is 2.08. The van der Waals surface area contributed by atoms with E-state index in [1.54, 1.807) is 18.2 Å². The lowest BCUT2D eigenvalue weighted by atomic mass is 10.1. The second kappa shape index (κ2) is 8.19. The summed E-state index contributed by atoms with van der Waals surface area (Å²) in [4.78, 5) is 10.2. The van der Waals surface area contributed by atoms with Gasteiger partial charge in [-0.3, -0.25) is 10.1 Å². The lowest BCUT2D eigenvalue weighted by molar-refractivity contribution is -0.422. The van der Waals surface area contributed by atoms with Gasteiger partial charge in [-0.15, -0.1) is 0 Å². The molecule has 0 saturated heterocycles. The summed E-state index contributed by atoms with van der Waals surface area (Å²) in [6.45, 7) is 6.72. The van der Waals surface area contributed by atoms with Crippen LogP contribution in [0.2, 0.25) is 0 Å². The van der Waals surface area contributed by atoms with Gasteiger partial charge in [-0.2, -0.15) is 0 Å². The molecule has 0 radical (unpaired) electrons.